The third-order valence-electron chi connectivity index (χ3n) is 2.30. The topological polar surface area (TPSA) is 9.23 Å². The van der Waals surface area contributed by atoms with Crippen LogP contribution in [0.1, 0.15) is 5.56 Å². The molecule has 0 spiro atoms. The van der Waals surface area contributed by atoms with Gasteiger partial charge < -0.3 is 4.74 Å². The van der Waals surface area contributed by atoms with E-state index in [1.165, 1.54) is 0 Å². The van der Waals surface area contributed by atoms with E-state index in [1.807, 2.05) is 12.1 Å². The summed E-state index contributed by atoms with van der Waals surface area (Å²) in [4.78, 5) is 0. The van der Waals surface area contributed by atoms with Crippen LogP contribution >= 0.6 is 46.4 Å². The summed E-state index contributed by atoms with van der Waals surface area (Å²) >= 11 is 23.7. The lowest BCUT2D eigenvalue weighted by Crippen LogP contribution is -1.90. The molecule has 0 aromatic heterocycles. The van der Waals surface area contributed by atoms with Crippen molar-refractivity contribution in [1.82, 2.24) is 0 Å². The van der Waals surface area contributed by atoms with Crippen LogP contribution in [0.5, 0.6) is 11.5 Å². The number of ether oxygens (including phenoxy) is 1. The lowest BCUT2D eigenvalue weighted by atomic mass is 10.2. The Morgan fingerprint density at radius 1 is 0.889 bits per heavy atom. The quantitative estimate of drug-likeness (QED) is 0.613. The van der Waals surface area contributed by atoms with E-state index in [4.69, 9.17) is 51.1 Å². The van der Waals surface area contributed by atoms with Crippen molar-refractivity contribution in [2.45, 2.75) is 5.88 Å². The van der Waals surface area contributed by atoms with E-state index in [1.54, 1.807) is 24.3 Å². The molecule has 2 aromatic carbocycles. The highest BCUT2D eigenvalue weighted by Gasteiger charge is 2.09. The number of hydrogen-bond donors (Lipinski definition) is 0. The highest BCUT2D eigenvalue weighted by molar-refractivity contribution is 6.42. The zero-order valence-electron chi connectivity index (χ0n) is 9.09. The van der Waals surface area contributed by atoms with E-state index >= 15 is 0 Å². The third kappa shape index (κ3) is 3.04. The fourth-order valence-corrected chi connectivity index (χ4v) is 2.16. The zero-order valence-corrected chi connectivity index (χ0v) is 12.1. The van der Waals surface area contributed by atoms with E-state index in [2.05, 4.69) is 0 Å². The van der Waals surface area contributed by atoms with Crippen LogP contribution in [0.15, 0.2) is 36.4 Å². The Labute approximate surface area is 125 Å². The fourth-order valence-electron chi connectivity index (χ4n) is 1.43. The summed E-state index contributed by atoms with van der Waals surface area (Å²) in [5.41, 5.74) is 0.815. The van der Waals surface area contributed by atoms with Gasteiger partial charge in [-0.2, -0.15) is 0 Å². The molecular formula is C13H8Cl4O. The molecule has 0 aliphatic rings. The molecule has 94 valence electrons. The number of benzene rings is 2. The number of halogens is 4. The van der Waals surface area contributed by atoms with Gasteiger partial charge in [0.15, 0.2) is 0 Å². The van der Waals surface area contributed by atoms with E-state index in [-0.39, 0.29) is 0 Å². The summed E-state index contributed by atoms with van der Waals surface area (Å²) < 4.78 is 5.71. The Morgan fingerprint density at radius 2 is 1.67 bits per heavy atom. The van der Waals surface area contributed by atoms with Gasteiger partial charge in [-0.1, -0.05) is 46.9 Å². The second-order valence-corrected chi connectivity index (χ2v) is 5.03. The summed E-state index contributed by atoms with van der Waals surface area (Å²) in [6.07, 6.45) is 0. The molecule has 1 nitrogen and oxygen atoms in total. The number of hydrogen-bond acceptors (Lipinski definition) is 1. The van der Waals surface area contributed by atoms with Crippen LogP contribution in [-0.4, -0.2) is 0 Å². The Bertz CT molecular complexity index is 569. The van der Waals surface area contributed by atoms with Crippen LogP contribution in [-0.2, 0) is 5.88 Å². The van der Waals surface area contributed by atoms with Crippen LogP contribution in [0.2, 0.25) is 15.1 Å². The molecular weight excluding hydrogens is 314 g/mol. The van der Waals surface area contributed by atoms with Crippen LogP contribution in [0.25, 0.3) is 0 Å². The summed E-state index contributed by atoms with van der Waals surface area (Å²) in [7, 11) is 0. The summed E-state index contributed by atoms with van der Waals surface area (Å²) in [5.74, 6) is 1.41. The second-order valence-electron chi connectivity index (χ2n) is 3.54. The Balaban J connectivity index is 2.36. The summed E-state index contributed by atoms with van der Waals surface area (Å²) in [6.45, 7) is 0. The first-order valence-electron chi connectivity index (χ1n) is 5.08. The largest absolute Gasteiger partial charge is 0.455 e. The predicted molar refractivity (Wildman–Crippen MR) is 77.5 cm³/mol. The van der Waals surface area contributed by atoms with Gasteiger partial charge in [-0.15, -0.1) is 11.6 Å². The van der Waals surface area contributed by atoms with Gasteiger partial charge in [-0.3, -0.25) is 0 Å². The number of rotatable bonds is 3. The molecule has 0 saturated heterocycles. The van der Waals surface area contributed by atoms with Gasteiger partial charge >= 0.3 is 0 Å². The molecule has 0 aliphatic carbocycles. The molecule has 0 N–H and O–H groups in total. The van der Waals surface area contributed by atoms with Crippen molar-refractivity contribution in [2.75, 3.05) is 0 Å². The van der Waals surface area contributed by atoms with Crippen molar-refractivity contribution in [3.63, 3.8) is 0 Å². The normalized spacial score (nSPS) is 10.4. The third-order valence-corrected chi connectivity index (χ3v) is 3.63. The molecule has 0 bridgehead atoms. The maximum atomic E-state index is 6.09. The Morgan fingerprint density at radius 3 is 2.33 bits per heavy atom. The van der Waals surface area contributed by atoms with Gasteiger partial charge in [0.1, 0.15) is 11.5 Å². The van der Waals surface area contributed by atoms with Crippen molar-refractivity contribution in [1.29, 1.82) is 0 Å². The molecule has 0 atom stereocenters. The van der Waals surface area contributed by atoms with Crippen molar-refractivity contribution in [2.24, 2.45) is 0 Å². The van der Waals surface area contributed by atoms with Crippen molar-refractivity contribution in [3.05, 3.63) is 57.0 Å². The molecule has 2 rings (SSSR count). The summed E-state index contributed by atoms with van der Waals surface area (Å²) in [5, 5.41) is 1.40. The Hall–Kier alpha value is -0.600. The van der Waals surface area contributed by atoms with Crippen LogP contribution in [0.3, 0.4) is 0 Å². The molecule has 18 heavy (non-hydrogen) atoms. The zero-order chi connectivity index (χ0) is 13.1. The molecule has 0 aliphatic heterocycles. The highest BCUT2D eigenvalue weighted by Crippen LogP contribution is 2.35. The first-order valence-corrected chi connectivity index (χ1v) is 6.75. The van der Waals surface area contributed by atoms with Gasteiger partial charge in [-0.25, -0.2) is 0 Å². The molecule has 0 saturated carbocycles. The van der Waals surface area contributed by atoms with Crippen molar-refractivity contribution < 1.29 is 4.74 Å². The first kappa shape index (κ1) is 13.8. The van der Waals surface area contributed by atoms with Crippen LogP contribution in [0.4, 0.5) is 0 Å². The minimum absolute atomic E-state index is 0.317. The highest BCUT2D eigenvalue weighted by atomic mass is 35.5. The van der Waals surface area contributed by atoms with E-state index in [9.17, 15) is 0 Å². The standard InChI is InChI=1S/C13H8Cl4O/c14-7-8-2-1-3-11(16)13(8)18-9-4-5-10(15)12(17)6-9/h1-6H,7H2. The van der Waals surface area contributed by atoms with Gasteiger partial charge in [0.25, 0.3) is 0 Å². The van der Waals surface area contributed by atoms with E-state index in [0.717, 1.165) is 5.56 Å². The molecule has 0 unspecified atom stereocenters. The molecule has 0 amide bonds. The van der Waals surface area contributed by atoms with Gasteiger partial charge in [0, 0.05) is 11.6 Å². The molecule has 2 aromatic rings. The SMILES string of the molecule is ClCc1cccc(Cl)c1Oc1ccc(Cl)c(Cl)c1. The van der Waals surface area contributed by atoms with Crippen LogP contribution in [0, 0.1) is 0 Å². The molecule has 0 heterocycles. The average Bonchev–Trinajstić information content (AvgIpc) is 2.36. The summed E-state index contributed by atoms with van der Waals surface area (Å²) in [6, 6.07) is 10.4. The molecule has 0 fully saturated rings. The van der Waals surface area contributed by atoms with Gasteiger partial charge in [0.2, 0.25) is 0 Å². The van der Waals surface area contributed by atoms with Crippen molar-refractivity contribution in [3.8, 4) is 11.5 Å². The number of para-hydroxylation sites is 1. The lowest BCUT2D eigenvalue weighted by molar-refractivity contribution is 0.478. The number of alkyl halides is 1. The molecule has 0 radical (unpaired) electrons. The first-order chi connectivity index (χ1) is 8.61. The maximum absolute atomic E-state index is 6.09. The minimum Gasteiger partial charge on any atom is -0.455 e. The fraction of sp³-hybridized carbons (Fsp3) is 0.0769. The van der Waals surface area contributed by atoms with Gasteiger partial charge in [0.05, 0.1) is 20.9 Å². The minimum atomic E-state index is 0.317. The second kappa shape index (κ2) is 6.03. The maximum Gasteiger partial charge on any atom is 0.150 e. The van der Waals surface area contributed by atoms with Gasteiger partial charge in [-0.05, 0) is 18.2 Å². The Kier molecular flexibility index (Phi) is 4.63. The smallest absolute Gasteiger partial charge is 0.150 e. The average molecular weight is 322 g/mol. The molecule has 5 heteroatoms. The van der Waals surface area contributed by atoms with E-state index in [0.29, 0.717) is 32.4 Å². The van der Waals surface area contributed by atoms with Crippen molar-refractivity contribution >= 4 is 46.4 Å². The predicted octanol–water partition coefficient (Wildman–Crippen LogP) is 6.18. The lowest BCUT2D eigenvalue weighted by Gasteiger charge is -2.11. The van der Waals surface area contributed by atoms with E-state index < -0.39 is 0 Å². The monoisotopic (exact) mass is 320 g/mol. The van der Waals surface area contributed by atoms with Crippen LogP contribution < -0.4 is 4.74 Å².